The molecule has 0 saturated carbocycles. The second-order valence-electron chi connectivity index (χ2n) is 19.3. The molecule has 0 spiro atoms. The van der Waals surface area contributed by atoms with E-state index in [1.165, 1.54) is 12.1 Å². The summed E-state index contributed by atoms with van der Waals surface area (Å²) in [6.07, 6.45) is 3.04. The molecule has 0 unspecified atom stereocenters. The van der Waals surface area contributed by atoms with Gasteiger partial charge in [0.1, 0.15) is 11.4 Å². The second-order valence-corrected chi connectivity index (χ2v) is 19.3. The van der Waals surface area contributed by atoms with Crippen molar-refractivity contribution in [3.8, 4) is 22.4 Å². The molecule has 4 atom stereocenters. The zero-order chi connectivity index (χ0) is 44.8. The standard InChI is InChI=1S/C51H66FN3O7/c1-33(2)46-45(48(58)54-38-18-14-11-15-19-38)44(35-16-12-10-13-17-35)47(36-20-22-37(52)23-21-36)55(46)27-25-40-28-34(32-50(6,7)59-40)29-42(56)53-26-24-39-30-41(61-51(8,9)60-39)31-43(57)62-49(3,4)5/h10-23,33-34,39-41H,24-32H2,1-9H3,(H,53,56)(H,54,58)/t34-,39-,40-,41-/m1/s1. The van der Waals surface area contributed by atoms with Gasteiger partial charge in [0.05, 0.1) is 41.6 Å². The molecule has 2 aliphatic heterocycles. The number of halogens is 1. The first-order valence-electron chi connectivity index (χ1n) is 22.2. The quantitative estimate of drug-likeness (QED) is 0.114. The lowest BCUT2D eigenvalue weighted by Gasteiger charge is -2.41. The molecule has 2 saturated heterocycles. The summed E-state index contributed by atoms with van der Waals surface area (Å²) < 4.78 is 41.2. The van der Waals surface area contributed by atoms with E-state index in [-0.39, 0.29) is 60.2 Å². The van der Waals surface area contributed by atoms with Gasteiger partial charge in [-0.25, -0.2) is 4.39 Å². The van der Waals surface area contributed by atoms with Crippen molar-refractivity contribution in [1.29, 1.82) is 0 Å². The summed E-state index contributed by atoms with van der Waals surface area (Å²) >= 11 is 0. The van der Waals surface area contributed by atoms with Gasteiger partial charge in [0.15, 0.2) is 5.79 Å². The summed E-state index contributed by atoms with van der Waals surface area (Å²) in [5.41, 5.74) is 4.47. The van der Waals surface area contributed by atoms with E-state index in [1.54, 1.807) is 12.1 Å². The van der Waals surface area contributed by atoms with Crippen molar-refractivity contribution in [3.63, 3.8) is 0 Å². The molecule has 11 heteroatoms. The Labute approximate surface area is 367 Å². The van der Waals surface area contributed by atoms with Crippen molar-refractivity contribution in [3.05, 3.63) is 102 Å². The Kier molecular flexibility index (Phi) is 14.8. The maximum atomic E-state index is 14.5. The third kappa shape index (κ3) is 12.6. The normalized spacial score (nSPS) is 21.0. The number of para-hydroxylation sites is 1. The first-order chi connectivity index (χ1) is 29.3. The SMILES string of the molecule is CC(C)c1c(C(=O)Nc2ccccc2)c(-c2ccccc2)c(-c2ccc(F)cc2)n1CC[C@@H]1C[C@H](CC(=O)NCC[C@@H]2C[C@H](CC(=O)OC(C)(C)C)OC(C)(C)O2)CC(C)(C)O1. The molecule has 0 radical (unpaired) electrons. The number of amides is 2. The van der Waals surface area contributed by atoms with Crippen molar-refractivity contribution in [2.45, 2.75) is 155 Å². The number of benzene rings is 3. The van der Waals surface area contributed by atoms with Crippen LogP contribution in [0.2, 0.25) is 0 Å². The van der Waals surface area contributed by atoms with Crippen LogP contribution >= 0.6 is 0 Å². The second kappa shape index (κ2) is 19.7. The Balaban J connectivity index is 1.18. The highest BCUT2D eigenvalue weighted by Gasteiger charge is 2.39. The van der Waals surface area contributed by atoms with E-state index in [2.05, 4.69) is 42.9 Å². The van der Waals surface area contributed by atoms with Gasteiger partial charge in [0.25, 0.3) is 5.91 Å². The average molecular weight is 852 g/mol. The van der Waals surface area contributed by atoms with Gasteiger partial charge in [-0.3, -0.25) is 14.4 Å². The molecule has 2 N–H and O–H groups in total. The minimum Gasteiger partial charge on any atom is -0.460 e. The molecule has 10 nitrogen and oxygen atoms in total. The van der Waals surface area contributed by atoms with Crippen molar-refractivity contribution in [2.24, 2.45) is 5.92 Å². The van der Waals surface area contributed by atoms with Gasteiger partial charge in [-0.2, -0.15) is 0 Å². The number of carbonyl (C=O) groups excluding carboxylic acids is 3. The van der Waals surface area contributed by atoms with Gasteiger partial charge in [-0.05, 0) is 134 Å². The zero-order valence-corrected chi connectivity index (χ0v) is 38.0. The topological polar surface area (TPSA) is 117 Å². The van der Waals surface area contributed by atoms with Crippen LogP contribution in [0.25, 0.3) is 22.4 Å². The van der Waals surface area contributed by atoms with Gasteiger partial charge < -0.3 is 34.1 Å². The lowest BCUT2D eigenvalue weighted by molar-refractivity contribution is -0.300. The highest BCUT2D eigenvalue weighted by atomic mass is 19.1. The fraction of sp³-hybridized carbons (Fsp3) is 0.510. The Bertz CT molecular complexity index is 2140. The minimum atomic E-state index is -0.863. The Morgan fingerprint density at radius 3 is 2.08 bits per heavy atom. The number of nitrogens with zero attached hydrogens (tertiary/aromatic N) is 1. The molecule has 3 heterocycles. The molecular weight excluding hydrogens is 786 g/mol. The molecule has 334 valence electrons. The molecule has 1 aromatic heterocycles. The molecule has 2 aliphatic rings. The van der Waals surface area contributed by atoms with Crippen LogP contribution in [0, 0.1) is 11.7 Å². The number of nitrogens with one attached hydrogen (secondary N) is 2. The van der Waals surface area contributed by atoms with Crippen LogP contribution in [0.1, 0.15) is 129 Å². The lowest BCUT2D eigenvalue weighted by Crippen LogP contribution is -2.46. The van der Waals surface area contributed by atoms with E-state index in [9.17, 15) is 18.8 Å². The van der Waals surface area contributed by atoms with Crippen molar-refractivity contribution in [2.75, 3.05) is 11.9 Å². The number of anilines is 1. The Morgan fingerprint density at radius 2 is 1.44 bits per heavy atom. The van der Waals surface area contributed by atoms with E-state index in [4.69, 9.17) is 18.9 Å². The summed E-state index contributed by atoms with van der Waals surface area (Å²) in [4.78, 5) is 40.6. The molecule has 3 aromatic carbocycles. The number of aromatic nitrogens is 1. The minimum absolute atomic E-state index is 0.0178. The summed E-state index contributed by atoms with van der Waals surface area (Å²) in [5, 5.41) is 6.28. The summed E-state index contributed by atoms with van der Waals surface area (Å²) in [5.74, 6) is -1.69. The van der Waals surface area contributed by atoms with Crippen molar-refractivity contribution in [1.82, 2.24) is 9.88 Å². The van der Waals surface area contributed by atoms with Crippen LogP contribution in [0.3, 0.4) is 0 Å². The number of carbonyl (C=O) groups is 3. The average Bonchev–Trinajstić information content (AvgIpc) is 3.52. The fourth-order valence-electron chi connectivity index (χ4n) is 9.31. The number of esters is 1. The van der Waals surface area contributed by atoms with E-state index in [0.29, 0.717) is 56.4 Å². The number of hydrogen-bond acceptors (Lipinski definition) is 7. The van der Waals surface area contributed by atoms with Crippen LogP contribution in [0.5, 0.6) is 0 Å². The highest BCUT2D eigenvalue weighted by Crippen LogP contribution is 2.44. The smallest absolute Gasteiger partial charge is 0.308 e. The zero-order valence-electron chi connectivity index (χ0n) is 38.0. The molecule has 6 rings (SSSR count). The first-order valence-corrected chi connectivity index (χ1v) is 22.2. The predicted octanol–water partition coefficient (Wildman–Crippen LogP) is 10.8. The number of hydrogen-bond donors (Lipinski definition) is 2. The van der Waals surface area contributed by atoms with Gasteiger partial charge in [0.2, 0.25) is 5.91 Å². The van der Waals surface area contributed by atoms with Gasteiger partial charge in [0, 0.05) is 42.9 Å². The third-order valence-corrected chi connectivity index (χ3v) is 11.3. The monoisotopic (exact) mass is 851 g/mol. The van der Waals surface area contributed by atoms with Crippen molar-refractivity contribution >= 4 is 23.5 Å². The largest absolute Gasteiger partial charge is 0.460 e. The van der Waals surface area contributed by atoms with Crippen LogP contribution in [-0.4, -0.2) is 64.2 Å². The van der Waals surface area contributed by atoms with E-state index < -0.39 is 17.0 Å². The summed E-state index contributed by atoms with van der Waals surface area (Å²) in [7, 11) is 0. The van der Waals surface area contributed by atoms with E-state index in [1.807, 2.05) is 95.3 Å². The van der Waals surface area contributed by atoms with E-state index in [0.717, 1.165) is 34.5 Å². The molecule has 4 aromatic rings. The van der Waals surface area contributed by atoms with Crippen LogP contribution in [0.15, 0.2) is 84.9 Å². The predicted molar refractivity (Wildman–Crippen MR) is 241 cm³/mol. The molecule has 2 amide bonds. The third-order valence-electron chi connectivity index (χ3n) is 11.3. The molecule has 0 aliphatic carbocycles. The molecule has 2 fully saturated rings. The van der Waals surface area contributed by atoms with Gasteiger partial charge in [-0.15, -0.1) is 0 Å². The van der Waals surface area contributed by atoms with Crippen molar-refractivity contribution < 1.29 is 37.7 Å². The van der Waals surface area contributed by atoms with E-state index >= 15 is 0 Å². The fourth-order valence-corrected chi connectivity index (χ4v) is 9.31. The van der Waals surface area contributed by atoms with Gasteiger partial charge >= 0.3 is 5.97 Å². The molecular formula is C51H66FN3O7. The Hall–Kier alpha value is -4.84. The van der Waals surface area contributed by atoms with Crippen LogP contribution in [0.4, 0.5) is 10.1 Å². The number of rotatable bonds is 15. The van der Waals surface area contributed by atoms with Crippen LogP contribution < -0.4 is 10.6 Å². The highest BCUT2D eigenvalue weighted by molar-refractivity contribution is 6.12. The molecule has 62 heavy (non-hydrogen) atoms. The lowest BCUT2D eigenvalue weighted by atomic mass is 9.82. The number of ether oxygens (including phenoxy) is 4. The van der Waals surface area contributed by atoms with Crippen LogP contribution in [-0.2, 0) is 35.1 Å². The first kappa shape index (κ1) is 46.7. The summed E-state index contributed by atoms with van der Waals surface area (Å²) in [6.45, 7) is 18.6. The maximum absolute atomic E-state index is 14.5. The Morgan fingerprint density at radius 1 is 0.806 bits per heavy atom. The maximum Gasteiger partial charge on any atom is 0.308 e. The summed E-state index contributed by atoms with van der Waals surface area (Å²) in [6, 6.07) is 25.8. The van der Waals surface area contributed by atoms with Gasteiger partial charge in [-0.1, -0.05) is 62.4 Å². The molecule has 0 bridgehead atoms.